The molecule has 1 aromatic carbocycles. The van der Waals surface area contributed by atoms with Crippen LogP contribution in [0.25, 0.3) is 0 Å². The molecule has 0 N–H and O–H groups in total. The van der Waals surface area contributed by atoms with Crippen LogP contribution in [0.5, 0.6) is 0 Å². The average molecular weight is 262 g/mol. The highest BCUT2D eigenvalue weighted by Gasteiger charge is 2.20. The van der Waals surface area contributed by atoms with E-state index in [1.165, 1.54) is 5.69 Å². The molecule has 3 nitrogen and oxygen atoms in total. The Morgan fingerprint density at radius 1 is 1.32 bits per heavy atom. The Kier molecular flexibility index (Phi) is 5.31. The summed E-state index contributed by atoms with van der Waals surface area (Å²) in [5.41, 5.74) is 1.70. The SMILES string of the molecule is C=C(C)C(=O)OC(C)CC[N+](C)(C)c1ccccc1. The second-order valence-electron chi connectivity index (χ2n) is 5.53. The van der Waals surface area contributed by atoms with Gasteiger partial charge in [-0.2, -0.15) is 0 Å². The molecular weight excluding hydrogens is 238 g/mol. The van der Waals surface area contributed by atoms with Crippen molar-refractivity contribution >= 4 is 11.7 Å². The quantitative estimate of drug-likeness (QED) is 0.447. The molecule has 19 heavy (non-hydrogen) atoms. The number of ether oxygens (including phenoxy) is 1. The summed E-state index contributed by atoms with van der Waals surface area (Å²) >= 11 is 0. The topological polar surface area (TPSA) is 26.3 Å². The van der Waals surface area contributed by atoms with Crippen molar-refractivity contribution in [3.8, 4) is 0 Å². The fourth-order valence-electron chi connectivity index (χ4n) is 1.81. The summed E-state index contributed by atoms with van der Waals surface area (Å²) in [6.45, 7) is 8.09. The molecule has 1 atom stereocenters. The van der Waals surface area contributed by atoms with Crippen molar-refractivity contribution in [1.82, 2.24) is 4.48 Å². The lowest BCUT2D eigenvalue weighted by Crippen LogP contribution is -2.42. The Balaban J connectivity index is 2.52. The van der Waals surface area contributed by atoms with E-state index in [1.807, 2.05) is 25.1 Å². The molecule has 0 amide bonds. The molecule has 0 fully saturated rings. The number of hydrogen-bond donors (Lipinski definition) is 0. The third-order valence-corrected chi connectivity index (χ3v) is 3.21. The number of esters is 1. The standard InChI is InChI=1S/C16H24NO2/c1-13(2)16(18)19-14(3)11-12-17(4,5)15-9-7-6-8-10-15/h6-10,14H,1,11-12H2,2-5H3/q+1. The van der Waals surface area contributed by atoms with E-state index in [0.717, 1.165) is 17.4 Å². The fourth-order valence-corrected chi connectivity index (χ4v) is 1.81. The number of para-hydroxylation sites is 1. The Morgan fingerprint density at radius 3 is 2.42 bits per heavy atom. The van der Waals surface area contributed by atoms with Gasteiger partial charge in [0.2, 0.25) is 0 Å². The van der Waals surface area contributed by atoms with Crippen molar-refractivity contribution in [3.63, 3.8) is 0 Å². The summed E-state index contributed by atoms with van der Waals surface area (Å²) in [6.07, 6.45) is 0.728. The molecule has 0 radical (unpaired) electrons. The van der Waals surface area contributed by atoms with Crippen LogP contribution >= 0.6 is 0 Å². The summed E-state index contributed by atoms with van der Waals surface area (Å²) < 4.78 is 6.07. The van der Waals surface area contributed by atoms with Crippen LogP contribution in [0.15, 0.2) is 42.5 Å². The van der Waals surface area contributed by atoms with Crippen molar-refractivity contribution in [2.45, 2.75) is 26.4 Å². The lowest BCUT2D eigenvalue weighted by molar-refractivity contribution is -0.143. The van der Waals surface area contributed by atoms with Crippen LogP contribution in [0, 0.1) is 0 Å². The van der Waals surface area contributed by atoms with Crippen LogP contribution in [-0.2, 0) is 9.53 Å². The Hall–Kier alpha value is -1.61. The Bertz CT molecular complexity index is 437. The second-order valence-corrected chi connectivity index (χ2v) is 5.53. The molecule has 0 aliphatic heterocycles. The zero-order valence-corrected chi connectivity index (χ0v) is 12.3. The molecule has 3 heteroatoms. The molecule has 0 bridgehead atoms. The maximum absolute atomic E-state index is 11.4. The third kappa shape index (κ3) is 4.87. The highest BCUT2D eigenvalue weighted by atomic mass is 16.5. The van der Waals surface area contributed by atoms with Crippen molar-refractivity contribution < 1.29 is 9.53 Å². The van der Waals surface area contributed by atoms with E-state index in [1.54, 1.807) is 6.92 Å². The van der Waals surface area contributed by atoms with Crippen molar-refractivity contribution in [1.29, 1.82) is 0 Å². The number of benzene rings is 1. The number of carbonyl (C=O) groups excluding carboxylic acids is 1. The number of nitrogens with zero attached hydrogens (tertiary/aromatic N) is 1. The first-order valence-electron chi connectivity index (χ1n) is 6.58. The molecule has 0 aliphatic carbocycles. The van der Waals surface area contributed by atoms with Gasteiger partial charge < -0.3 is 4.74 Å². The van der Waals surface area contributed by atoms with Crippen LogP contribution in [0.1, 0.15) is 20.3 Å². The summed E-state index contributed by atoms with van der Waals surface area (Å²) in [4.78, 5) is 11.4. The summed E-state index contributed by atoms with van der Waals surface area (Å²) in [5.74, 6) is -0.308. The van der Waals surface area contributed by atoms with Gasteiger partial charge in [0.25, 0.3) is 0 Å². The van der Waals surface area contributed by atoms with Gasteiger partial charge in [0.05, 0.1) is 20.6 Å². The van der Waals surface area contributed by atoms with Gasteiger partial charge in [-0.05, 0) is 26.0 Å². The molecule has 0 saturated heterocycles. The van der Waals surface area contributed by atoms with E-state index in [-0.39, 0.29) is 12.1 Å². The number of carbonyl (C=O) groups is 1. The highest BCUT2D eigenvalue weighted by molar-refractivity contribution is 5.87. The average Bonchev–Trinajstić information content (AvgIpc) is 2.37. The maximum atomic E-state index is 11.4. The van der Waals surface area contributed by atoms with Gasteiger partial charge in [-0.25, -0.2) is 4.79 Å². The largest absolute Gasteiger partial charge is 0.459 e. The molecule has 104 valence electrons. The first-order chi connectivity index (χ1) is 8.83. The van der Waals surface area contributed by atoms with Crippen LogP contribution in [-0.4, -0.2) is 32.7 Å². The smallest absolute Gasteiger partial charge is 0.333 e. The number of rotatable bonds is 6. The summed E-state index contributed by atoms with van der Waals surface area (Å²) in [5, 5.41) is 0. The van der Waals surface area contributed by atoms with Gasteiger partial charge in [0.15, 0.2) is 0 Å². The minimum absolute atomic E-state index is 0.0923. The minimum atomic E-state index is -0.308. The molecule has 0 saturated carbocycles. The van der Waals surface area contributed by atoms with Crippen molar-refractivity contribution in [2.75, 3.05) is 20.6 Å². The number of quaternary nitrogens is 1. The van der Waals surface area contributed by atoms with Crippen molar-refractivity contribution in [3.05, 3.63) is 42.5 Å². The molecule has 0 aliphatic rings. The summed E-state index contributed by atoms with van der Waals surface area (Å²) in [6, 6.07) is 10.3. The molecule has 0 aromatic heterocycles. The van der Waals surface area contributed by atoms with E-state index >= 15 is 0 Å². The van der Waals surface area contributed by atoms with E-state index in [0.29, 0.717) is 5.57 Å². The molecule has 0 spiro atoms. The van der Waals surface area contributed by atoms with Gasteiger partial charge in [-0.1, -0.05) is 24.8 Å². The zero-order valence-electron chi connectivity index (χ0n) is 12.3. The lowest BCUT2D eigenvalue weighted by atomic mass is 10.2. The van der Waals surface area contributed by atoms with E-state index in [9.17, 15) is 4.79 Å². The second kappa shape index (κ2) is 6.53. The molecule has 1 aromatic rings. The van der Waals surface area contributed by atoms with Gasteiger partial charge >= 0.3 is 5.97 Å². The Labute approximate surface area is 116 Å². The van der Waals surface area contributed by atoms with Gasteiger partial charge in [0, 0.05) is 12.0 Å². The predicted octanol–water partition coefficient (Wildman–Crippen LogP) is 3.15. The molecular formula is C16H24NO2+. The lowest BCUT2D eigenvalue weighted by Gasteiger charge is -2.30. The van der Waals surface area contributed by atoms with Gasteiger partial charge in [0.1, 0.15) is 11.8 Å². The predicted molar refractivity (Wildman–Crippen MR) is 79.9 cm³/mol. The zero-order chi connectivity index (χ0) is 14.5. The maximum Gasteiger partial charge on any atom is 0.333 e. The minimum Gasteiger partial charge on any atom is -0.459 e. The third-order valence-electron chi connectivity index (χ3n) is 3.21. The first-order valence-corrected chi connectivity index (χ1v) is 6.58. The summed E-state index contributed by atoms with van der Waals surface area (Å²) in [7, 11) is 4.31. The van der Waals surface area contributed by atoms with Crippen molar-refractivity contribution in [2.24, 2.45) is 0 Å². The molecule has 1 unspecified atom stereocenters. The Morgan fingerprint density at radius 2 is 1.89 bits per heavy atom. The van der Waals surface area contributed by atoms with E-state index in [2.05, 4.69) is 32.8 Å². The first kappa shape index (κ1) is 15.4. The molecule has 0 heterocycles. The highest BCUT2D eigenvalue weighted by Crippen LogP contribution is 2.19. The van der Waals surface area contributed by atoms with Crippen LogP contribution in [0.4, 0.5) is 5.69 Å². The van der Waals surface area contributed by atoms with Crippen LogP contribution < -0.4 is 4.48 Å². The van der Waals surface area contributed by atoms with Crippen LogP contribution in [0.2, 0.25) is 0 Å². The fraction of sp³-hybridized carbons (Fsp3) is 0.438. The van der Waals surface area contributed by atoms with E-state index < -0.39 is 0 Å². The van der Waals surface area contributed by atoms with Gasteiger partial charge in [-0.3, -0.25) is 4.48 Å². The van der Waals surface area contributed by atoms with Crippen LogP contribution in [0.3, 0.4) is 0 Å². The number of hydrogen-bond acceptors (Lipinski definition) is 2. The molecule has 1 rings (SSSR count). The van der Waals surface area contributed by atoms with E-state index in [4.69, 9.17) is 4.74 Å². The van der Waals surface area contributed by atoms with Gasteiger partial charge in [-0.15, -0.1) is 0 Å². The normalized spacial score (nSPS) is 12.8. The monoisotopic (exact) mass is 262 g/mol.